The maximum atomic E-state index is 12.7. The number of anilines is 1. The Morgan fingerprint density at radius 3 is 2.68 bits per heavy atom. The fourth-order valence-electron chi connectivity index (χ4n) is 3.03. The van der Waals surface area contributed by atoms with Gasteiger partial charge >= 0.3 is 6.03 Å². The van der Waals surface area contributed by atoms with E-state index in [0.717, 1.165) is 22.1 Å². The van der Waals surface area contributed by atoms with Gasteiger partial charge in [0, 0.05) is 16.2 Å². The van der Waals surface area contributed by atoms with Crippen molar-refractivity contribution in [2.45, 2.75) is 32.4 Å². The van der Waals surface area contributed by atoms with Gasteiger partial charge in [-0.25, -0.2) is 4.79 Å². The first-order valence-corrected chi connectivity index (χ1v) is 8.29. The van der Waals surface area contributed by atoms with Crippen LogP contribution in [0.1, 0.15) is 31.0 Å². The number of fused-ring (bicyclic) bond motifs is 1. The van der Waals surface area contributed by atoms with E-state index in [2.05, 4.69) is 34.2 Å². The number of amides is 2. The van der Waals surface area contributed by atoms with Crippen LogP contribution < -0.4 is 10.2 Å². The van der Waals surface area contributed by atoms with Crippen molar-refractivity contribution < 1.29 is 4.79 Å². The molecule has 2 amide bonds. The minimum atomic E-state index is -0.0527. The van der Waals surface area contributed by atoms with E-state index in [1.165, 1.54) is 5.56 Å². The number of urea groups is 1. The zero-order valence-corrected chi connectivity index (χ0v) is 14.3. The molecule has 2 aromatic rings. The summed E-state index contributed by atoms with van der Waals surface area (Å²) in [4.78, 5) is 14.6. The van der Waals surface area contributed by atoms with Crippen LogP contribution in [0.3, 0.4) is 0 Å². The molecule has 2 unspecified atom stereocenters. The van der Waals surface area contributed by atoms with E-state index in [1.807, 2.05) is 54.3 Å². The van der Waals surface area contributed by atoms with Gasteiger partial charge in [0.1, 0.15) is 0 Å². The molecule has 2 aromatic carbocycles. The van der Waals surface area contributed by atoms with Gasteiger partial charge in [0.05, 0.1) is 6.04 Å². The Balaban J connectivity index is 1.79. The normalized spacial score (nSPS) is 18.0. The monoisotopic (exact) mass is 358 g/mol. The van der Waals surface area contributed by atoms with Gasteiger partial charge in [-0.15, -0.1) is 0 Å². The van der Waals surface area contributed by atoms with Gasteiger partial charge < -0.3 is 5.32 Å². The summed E-state index contributed by atoms with van der Waals surface area (Å²) >= 11 is 3.54. The molecule has 0 bridgehead atoms. The van der Waals surface area contributed by atoms with Gasteiger partial charge in [-0.2, -0.15) is 0 Å². The van der Waals surface area contributed by atoms with Gasteiger partial charge in [0.15, 0.2) is 0 Å². The number of carbonyl (C=O) groups is 1. The van der Waals surface area contributed by atoms with Crippen LogP contribution in [-0.2, 0) is 6.42 Å². The van der Waals surface area contributed by atoms with Crippen molar-refractivity contribution in [1.29, 1.82) is 0 Å². The lowest BCUT2D eigenvalue weighted by Crippen LogP contribution is -2.44. The van der Waals surface area contributed by atoms with Crippen LogP contribution in [0.2, 0.25) is 0 Å². The lowest BCUT2D eigenvalue weighted by Gasteiger charge is -2.26. The highest BCUT2D eigenvalue weighted by molar-refractivity contribution is 9.10. The number of hydrogen-bond acceptors (Lipinski definition) is 1. The largest absolute Gasteiger partial charge is 0.331 e. The fraction of sp³-hybridized carbons (Fsp3) is 0.278. The molecule has 0 spiro atoms. The Morgan fingerprint density at radius 1 is 1.23 bits per heavy atom. The van der Waals surface area contributed by atoms with Crippen LogP contribution in [0.25, 0.3) is 0 Å². The highest BCUT2D eigenvalue weighted by atomic mass is 79.9. The van der Waals surface area contributed by atoms with Crippen molar-refractivity contribution in [1.82, 2.24) is 5.32 Å². The van der Waals surface area contributed by atoms with Crippen molar-refractivity contribution in [3.8, 4) is 0 Å². The van der Waals surface area contributed by atoms with Crippen LogP contribution >= 0.6 is 15.9 Å². The predicted octanol–water partition coefficient (Wildman–Crippen LogP) is 4.67. The zero-order valence-electron chi connectivity index (χ0n) is 12.7. The van der Waals surface area contributed by atoms with Crippen LogP contribution in [0, 0.1) is 0 Å². The topological polar surface area (TPSA) is 32.3 Å². The third kappa shape index (κ3) is 2.75. The molecule has 22 heavy (non-hydrogen) atoms. The summed E-state index contributed by atoms with van der Waals surface area (Å²) in [5.41, 5.74) is 3.33. The zero-order chi connectivity index (χ0) is 15.7. The molecule has 1 heterocycles. The standard InChI is InChI=1S/C18H19BrN2O/c1-12-11-14-7-3-6-10-17(14)21(12)18(22)20-13(2)15-8-4-5-9-16(15)19/h3-10,12-13H,11H2,1-2H3,(H,20,22). The number of nitrogens with one attached hydrogen (secondary N) is 1. The van der Waals surface area contributed by atoms with Gasteiger partial charge in [0.2, 0.25) is 0 Å². The second kappa shape index (κ2) is 6.13. The molecule has 0 aliphatic carbocycles. The van der Waals surface area contributed by atoms with Gasteiger partial charge in [-0.05, 0) is 43.5 Å². The number of hydrogen-bond donors (Lipinski definition) is 1. The third-order valence-electron chi connectivity index (χ3n) is 4.14. The van der Waals surface area contributed by atoms with Gasteiger partial charge in [-0.1, -0.05) is 52.3 Å². The number of rotatable bonds is 2. The minimum absolute atomic E-state index is 0.0410. The van der Waals surface area contributed by atoms with E-state index in [-0.39, 0.29) is 18.1 Å². The third-order valence-corrected chi connectivity index (χ3v) is 4.86. The minimum Gasteiger partial charge on any atom is -0.331 e. The molecule has 1 aliphatic heterocycles. The molecule has 0 aromatic heterocycles. The predicted molar refractivity (Wildman–Crippen MR) is 93.2 cm³/mol. The first-order valence-electron chi connectivity index (χ1n) is 7.50. The highest BCUT2D eigenvalue weighted by Crippen LogP contribution is 2.32. The van der Waals surface area contributed by atoms with Crippen molar-refractivity contribution in [2.75, 3.05) is 4.90 Å². The highest BCUT2D eigenvalue weighted by Gasteiger charge is 2.31. The molecule has 114 valence electrons. The van der Waals surface area contributed by atoms with Crippen molar-refractivity contribution in [3.05, 3.63) is 64.1 Å². The molecule has 0 saturated heterocycles. The van der Waals surface area contributed by atoms with Crippen LogP contribution in [0.15, 0.2) is 53.0 Å². The molecule has 0 saturated carbocycles. The van der Waals surface area contributed by atoms with E-state index in [9.17, 15) is 4.79 Å². The number of benzene rings is 2. The summed E-state index contributed by atoms with van der Waals surface area (Å²) in [5.74, 6) is 0. The first kappa shape index (κ1) is 15.1. The van der Waals surface area contributed by atoms with Gasteiger partial charge in [-0.3, -0.25) is 4.90 Å². The van der Waals surface area contributed by atoms with Crippen LogP contribution in [-0.4, -0.2) is 12.1 Å². The Morgan fingerprint density at radius 2 is 1.91 bits per heavy atom. The number of halogens is 1. The molecule has 3 rings (SSSR count). The maximum Gasteiger partial charge on any atom is 0.322 e. The lowest BCUT2D eigenvalue weighted by molar-refractivity contribution is 0.242. The molecule has 1 aliphatic rings. The summed E-state index contributed by atoms with van der Waals surface area (Å²) < 4.78 is 1.01. The molecule has 3 nitrogen and oxygen atoms in total. The Labute approximate surface area is 139 Å². The Hall–Kier alpha value is -1.81. The van der Waals surface area contributed by atoms with Gasteiger partial charge in [0.25, 0.3) is 0 Å². The fourth-order valence-corrected chi connectivity index (χ4v) is 3.66. The summed E-state index contributed by atoms with van der Waals surface area (Å²) in [6, 6.07) is 16.2. The Bertz CT molecular complexity index is 701. The summed E-state index contributed by atoms with van der Waals surface area (Å²) in [5, 5.41) is 3.11. The van der Waals surface area contributed by atoms with E-state index in [4.69, 9.17) is 0 Å². The number of nitrogens with zero attached hydrogens (tertiary/aromatic N) is 1. The van der Waals surface area contributed by atoms with Crippen LogP contribution in [0.4, 0.5) is 10.5 Å². The average molecular weight is 359 g/mol. The van der Waals surface area contributed by atoms with E-state index >= 15 is 0 Å². The van der Waals surface area contributed by atoms with Crippen molar-refractivity contribution >= 4 is 27.6 Å². The molecule has 2 atom stereocenters. The van der Waals surface area contributed by atoms with Crippen molar-refractivity contribution in [3.63, 3.8) is 0 Å². The summed E-state index contributed by atoms with van der Waals surface area (Å²) in [6.07, 6.45) is 0.910. The number of para-hydroxylation sites is 1. The van der Waals surface area contributed by atoms with E-state index in [1.54, 1.807) is 0 Å². The molecule has 1 N–H and O–H groups in total. The average Bonchev–Trinajstić information content (AvgIpc) is 2.83. The summed E-state index contributed by atoms with van der Waals surface area (Å²) in [7, 11) is 0. The van der Waals surface area contributed by atoms with Crippen LogP contribution in [0.5, 0.6) is 0 Å². The first-order chi connectivity index (χ1) is 10.6. The molecule has 4 heteroatoms. The number of carbonyl (C=O) groups excluding carboxylic acids is 1. The molecular formula is C18H19BrN2O. The van der Waals surface area contributed by atoms with E-state index in [0.29, 0.717) is 0 Å². The maximum absolute atomic E-state index is 12.7. The lowest BCUT2D eigenvalue weighted by atomic mass is 10.1. The second-order valence-electron chi connectivity index (χ2n) is 5.74. The smallest absolute Gasteiger partial charge is 0.322 e. The second-order valence-corrected chi connectivity index (χ2v) is 6.60. The quantitative estimate of drug-likeness (QED) is 0.830. The Kier molecular flexibility index (Phi) is 4.21. The molecular weight excluding hydrogens is 340 g/mol. The molecule has 0 radical (unpaired) electrons. The summed E-state index contributed by atoms with van der Waals surface area (Å²) in [6.45, 7) is 4.09. The van der Waals surface area contributed by atoms with E-state index < -0.39 is 0 Å². The molecule has 0 fully saturated rings. The van der Waals surface area contributed by atoms with Crippen molar-refractivity contribution in [2.24, 2.45) is 0 Å². The SMILES string of the molecule is CC(NC(=O)N1c2ccccc2CC1C)c1ccccc1Br.